The maximum atomic E-state index is 12.9. The minimum Gasteiger partial charge on any atom is -0.356 e. The highest BCUT2D eigenvalue weighted by Gasteiger charge is 2.02. The van der Waals surface area contributed by atoms with E-state index in [1.807, 2.05) is 6.92 Å². The Morgan fingerprint density at radius 3 is 2.44 bits per heavy atom. The van der Waals surface area contributed by atoms with Gasteiger partial charge in [0.05, 0.1) is 0 Å². The van der Waals surface area contributed by atoms with E-state index < -0.39 is 11.6 Å². The molecule has 1 amide bonds. The van der Waals surface area contributed by atoms with Crippen LogP contribution >= 0.6 is 0 Å². The van der Waals surface area contributed by atoms with E-state index in [0.717, 1.165) is 12.5 Å². The molecule has 0 aliphatic carbocycles. The molecule has 3 nitrogen and oxygen atoms in total. The molecule has 5 heteroatoms. The predicted molar refractivity (Wildman–Crippen MR) is 66.0 cm³/mol. The fourth-order valence-corrected chi connectivity index (χ4v) is 1.50. The summed E-state index contributed by atoms with van der Waals surface area (Å²) >= 11 is 0. The molecule has 1 aromatic carbocycles. The van der Waals surface area contributed by atoms with Gasteiger partial charge in [-0.05, 0) is 24.1 Å². The Morgan fingerprint density at radius 1 is 1.17 bits per heavy atom. The van der Waals surface area contributed by atoms with Crippen molar-refractivity contribution in [3.63, 3.8) is 0 Å². The Balaban J connectivity index is 2.23. The van der Waals surface area contributed by atoms with Gasteiger partial charge in [-0.25, -0.2) is 8.78 Å². The molecule has 1 aromatic rings. The second-order valence-corrected chi connectivity index (χ2v) is 4.05. The second-order valence-electron chi connectivity index (χ2n) is 4.05. The normalized spacial score (nSPS) is 10.4. The summed E-state index contributed by atoms with van der Waals surface area (Å²) in [5.41, 5.74) is 0.529. The van der Waals surface area contributed by atoms with Crippen LogP contribution in [0.1, 0.15) is 25.3 Å². The van der Waals surface area contributed by atoms with Crippen LogP contribution in [0.15, 0.2) is 18.2 Å². The first-order valence-electron chi connectivity index (χ1n) is 6.04. The molecule has 1 rings (SSSR count). The van der Waals surface area contributed by atoms with Crippen LogP contribution in [0, 0.1) is 11.6 Å². The first-order chi connectivity index (χ1) is 8.61. The van der Waals surface area contributed by atoms with Gasteiger partial charge in [-0.1, -0.05) is 6.92 Å². The molecule has 0 spiro atoms. The van der Waals surface area contributed by atoms with Crippen LogP contribution < -0.4 is 10.6 Å². The van der Waals surface area contributed by atoms with Crippen molar-refractivity contribution in [2.75, 3.05) is 13.1 Å². The molecule has 0 bridgehead atoms. The second kappa shape index (κ2) is 7.76. The first kappa shape index (κ1) is 14.6. The lowest BCUT2D eigenvalue weighted by atomic mass is 10.2. The zero-order valence-corrected chi connectivity index (χ0v) is 10.4. The van der Waals surface area contributed by atoms with Crippen LogP contribution in [-0.4, -0.2) is 19.0 Å². The van der Waals surface area contributed by atoms with Crippen molar-refractivity contribution < 1.29 is 13.6 Å². The third-order valence-electron chi connectivity index (χ3n) is 2.35. The zero-order chi connectivity index (χ0) is 13.4. The molecule has 0 saturated heterocycles. The molecule has 0 heterocycles. The summed E-state index contributed by atoms with van der Waals surface area (Å²) in [4.78, 5) is 11.3. The zero-order valence-electron chi connectivity index (χ0n) is 10.4. The van der Waals surface area contributed by atoms with E-state index in [9.17, 15) is 13.6 Å². The van der Waals surface area contributed by atoms with Crippen LogP contribution in [0.4, 0.5) is 8.78 Å². The maximum absolute atomic E-state index is 12.9. The summed E-state index contributed by atoms with van der Waals surface area (Å²) in [6.07, 6.45) is 1.26. The highest BCUT2D eigenvalue weighted by Crippen LogP contribution is 2.07. The van der Waals surface area contributed by atoms with Crippen molar-refractivity contribution in [2.24, 2.45) is 0 Å². The van der Waals surface area contributed by atoms with E-state index in [4.69, 9.17) is 0 Å². The van der Waals surface area contributed by atoms with Crippen molar-refractivity contribution >= 4 is 5.91 Å². The van der Waals surface area contributed by atoms with Gasteiger partial charge in [-0.3, -0.25) is 4.79 Å². The summed E-state index contributed by atoms with van der Waals surface area (Å²) < 4.78 is 25.7. The Morgan fingerprint density at radius 2 is 1.83 bits per heavy atom. The van der Waals surface area contributed by atoms with Crippen molar-refractivity contribution in [3.8, 4) is 0 Å². The van der Waals surface area contributed by atoms with Gasteiger partial charge in [0.2, 0.25) is 5.91 Å². The number of nitrogens with one attached hydrogen (secondary N) is 2. The molecule has 2 N–H and O–H groups in total. The SMILES string of the molecule is CCCNC(=O)CCNCc1cc(F)cc(F)c1. The highest BCUT2D eigenvalue weighted by molar-refractivity contribution is 5.75. The van der Waals surface area contributed by atoms with Gasteiger partial charge >= 0.3 is 0 Å². The number of amides is 1. The Labute approximate surface area is 106 Å². The van der Waals surface area contributed by atoms with Crippen molar-refractivity contribution in [3.05, 3.63) is 35.4 Å². The molecule has 18 heavy (non-hydrogen) atoms. The monoisotopic (exact) mass is 256 g/mol. The smallest absolute Gasteiger partial charge is 0.221 e. The number of carbonyl (C=O) groups is 1. The molecular weight excluding hydrogens is 238 g/mol. The molecular formula is C13H18F2N2O. The molecule has 0 aromatic heterocycles. The summed E-state index contributed by atoms with van der Waals surface area (Å²) in [5, 5.41) is 5.72. The van der Waals surface area contributed by atoms with E-state index in [1.54, 1.807) is 0 Å². The number of hydrogen-bond donors (Lipinski definition) is 2. The van der Waals surface area contributed by atoms with Crippen LogP contribution in [-0.2, 0) is 11.3 Å². The Kier molecular flexibility index (Phi) is 6.28. The van der Waals surface area contributed by atoms with Gasteiger partial charge in [-0.2, -0.15) is 0 Å². The molecule has 0 atom stereocenters. The number of rotatable bonds is 7. The molecule has 0 saturated carbocycles. The molecule has 0 aliphatic heterocycles. The maximum Gasteiger partial charge on any atom is 0.221 e. The minimum atomic E-state index is -0.590. The van der Waals surface area contributed by atoms with Crippen molar-refractivity contribution in [2.45, 2.75) is 26.3 Å². The van der Waals surface area contributed by atoms with Crippen LogP contribution in [0.3, 0.4) is 0 Å². The predicted octanol–water partition coefficient (Wildman–Crippen LogP) is 1.97. The number of halogens is 2. The summed E-state index contributed by atoms with van der Waals surface area (Å²) in [5.74, 6) is -1.20. The topological polar surface area (TPSA) is 41.1 Å². The summed E-state index contributed by atoms with van der Waals surface area (Å²) in [7, 11) is 0. The largest absolute Gasteiger partial charge is 0.356 e. The molecule has 0 fully saturated rings. The van der Waals surface area contributed by atoms with Gasteiger partial charge in [0, 0.05) is 32.1 Å². The van der Waals surface area contributed by atoms with Crippen molar-refractivity contribution in [1.29, 1.82) is 0 Å². The van der Waals surface area contributed by atoms with Crippen LogP contribution in [0.5, 0.6) is 0 Å². The first-order valence-corrected chi connectivity index (χ1v) is 6.04. The van der Waals surface area contributed by atoms with Gasteiger partial charge < -0.3 is 10.6 Å². The molecule has 0 unspecified atom stereocenters. The molecule has 0 aliphatic rings. The van der Waals surface area contributed by atoms with E-state index >= 15 is 0 Å². The lowest BCUT2D eigenvalue weighted by Gasteiger charge is -2.06. The van der Waals surface area contributed by atoms with E-state index in [2.05, 4.69) is 10.6 Å². The fourth-order valence-electron chi connectivity index (χ4n) is 1.50. The van der Waals surface area contributed by atoms with E-state index in [1.165, 1.54) is 12.1 Å². The molecule has 0 radical (unpaired) electrons. The summed E-state index contributed by atoms with van der Waals surface area (Å²) in [6, 6.07) is 3.38. The Hall–Kier alpha value is -1.49. The average Bonchev–Trinajstić information content (AvgIpc) is 2.31. The van der Waals surface area contributed by atoms with Gasteiger partial charge in [0.1, 0.15) is 11.6 Å². The summed E-state index contributed by atoms with van der Waals surface area (Å²) in [6.45, 7) is 3.48. The van der Waals surface area contributed by atoms with Crippen LogP contribution in [0.2, 0.25) is 0 Å². The highest BCUT2D eigenvalue weighted by atomic mass is 19.1. The average molecular weight is 256 g/mol. The lowest BCUT2D eigenvalue weighted by Crippen LogP contribution is -2.28. The van der Waals surface area contributed by atoms with Gasteiger partial charge in [0.15, 0.2) is 0 Å². The Bertz CT molecular complexity index is 376. The van der Waals surface area contributed by atoms with Crippen molar-refractivity contribution in [1.82, 2.24) is 10.6 Å². The number of hydrogen-bond acceptors (Lipinski definition) is 2. The third kappa shape index (κ3) is 5.72. The standard InChI is InChI=1S/C13H18F2N2O/c1-2-4-17-13(18)3-5-16-9-10-6-11(14)8-12(15)7-10/h6-8,16H,2-5,9H2,1H3,(H,17,18). The fraction of sp³-hybridized carbons (Fsp3) is 0.462. The van der Waals surface area contributed by atoms with Gasteiger partial charge in [-0.15, -0.1) is 0 Å². The molecule has 100 valence electrons. The number of carbonyl (C=O) groups excluding carboxylic acids is 1. The number of benzene rings is 1. The van der Waals surface area contributed by atoms with E-state index in [0.29, 0.717) is 31.6 Å². The lowest BCUT2D eigenvalue weighted by molar-refractivity contribution is -0.120. The van der Waals surface area contributed by atoms with Crippen LogP contribution in [0.25, 0.3) is 0 Å². The third-order valence-corrected chi connectivity index (χ3v) is 2.35. The quantitative estimate of drug-likeness (QED) is 0.732. The van der Waals surface area contributed by atoms with Gasteiger partial charge in [0.25, 0.3) is 0 Å². The van der Waals surface area contributed by atoms with E-state index in [-0.39, 0.29) is 5.91 Å². The minimum absolute atomic E-state index is 0.0187.